The van der Waals surface area contributed by atoms with Crippen molar-refractivity contribution in [3.63, 3.8) is 0 Å². The van der Waals surface area contributed by atoms with Crippen molar-refractivity contribution in [1.29, 1.82) is 0 Å². The van der Waals surface area contributed by atoms with Gasteiger partial charge in [0.05, 0.1) is 24.4 Å². The summed E-state index contributed by atoms with van der Waals surface area (Å²) in [5.74, 6) is 0.314. The van der Waals surface area contributed by atoms with Crippen LogP contribution in [0.5, 0.6) is 11.5 Å². The van der Waals surface area contributed by atoms with E-state index in [0.717, 1.165) is 5.56 Å². The quantitative estimate of drug-likeness (QED) is 0.0983. The number of benzene rings is 4. The highest BCUT2D eigenvalue weighted by Gasteiger charge is 2.53. The van der Waals surface area contributed by atoms with Gasteiger partial charge in [-0.1, -0.05) is 59.6 Å². The first-order chi connectivity index (χ1) is 23.6. The average molecular weight is 727 g/mol. The number of carbonyl (C=O) groups is 1. The largest absolute Gasteiger partial charge is 0.497 e. The molecule has 0 saturated heterocycles. The van der Waals surface area contributed by atoms with E-state index in [2.05, 4.69) is 10.9 Å². The second-order valence-corrected chi connectivity index (χ2v) is 14.3. The third-order valence-corrected chi connectivity index (χ3v) is 10.3. The fourth-order valence-corrected chi connectivity index (χ4v) is 7.27. The summed E-state index contributed by atoms with van der Waals surface area (Å²) in [7, 11) is -2.28. The summed E-state index contributed by atoms with van der Waals surface area (Å²) < 4.78 is 44.7. The van der Waals surface area contributed by atoms with E-state index < -0.39 is 27.4 Å². The standard InChI is InChI=1S/C36H37Cl2N3O7S/c1-46-30-8-5-7-27(23-30)33-36(18-22-49(44,45)31-9-3-2-4-10-31,35(43)41-39-19-17-25-11-14-28(37)24-32(25)38)40-34(48-33)26-12-15-29(16-13-26)47-21-6-20-42/h2-5,7-16,23-24,33,39,42H,6,17-22H2,1H3,(H,41,43)/t33-,36-/m0/s1. The van der Waals surface area contributed by atoms with Crippen molar-refractivity contribution in [2.75, 3.05) is 32.6 Å². The number of hydrazine groups is 1. The molecule has 3 N–H and O–H groups in total. The maximum Gasteiger partial charge on any atom is 0.266 e. The monoisotopic (exact) mass is 725 g/mol. The van der Waals surface area contributed by atoms with E-state index in [1.807, 2.05) is 6.07 Å². The highest BCUT2D eigenvalue weighted by Crippen LogP contribution is 2.43. The van der Waals surface area contributed by atoms with Crippen LogP contribution in [0.4, 0.5) is 0 Å². The topological polar surface area (TPSA) is 136 Å². The van der Waals surface area contributed by atoms with E-state index >= 15 is 0 Å². The molecule has 13 heteroatoms. The molecular formula is C36H37Cl2N3O7S. The number of aliphatic hydroxyl groups excluding tert-OH is 1. The molecule has 0 saturated carbocycles. The summed E-state index contributed by atoms with van der Waals surface area (Å²) in [6, 6.07) is 27.3. The van der Waals surface area contributed by atoms with Gasteiger partial charge in [-0.05, 0) is 78.2 Å². The number of sulfone groups is 1. The Morgan fingerprint density at radius 1 is 0.980 bits per heavy atom. The van der Waals surface area contributed by atoms with Crippen molar-refractivity contribution in [1.82, 2.24) is 10.9 Å². The highest BCUT2D eigenvalue weighted by molar-refractivity contribution is 7.91. The van der Waals surface area contributed by atoms with Crippen LogP contribution in [0.2, 0.25) is 10.0 Å². The number of hydrogen-bond acceptors (Lipinski definition) is 9. The van der Waals surface area contributed by atoms with E-state index in [-0.39, 0.29) is 29.6 Å². The lowest BCUT2D eigenvalue weighted by atomic mass is 9.85. The minimum atomic E-state index is -3.82. The molecule has 1 aliphatic rings. The van der Waals surface area contributed by atoms with Crippen LogP contribution >= 0.6 is 23.2 Å². The summed E-state index contributed by atoms with van der Waals surface area (Å²) in [5.41, 5.74) is 5.98. The summed E-state index contributed by atoms with van der Waals surface area (Å²) in [4.78, 5) is 19.4. The summed E-state index contributed by atoms with van der Waals surface area (Å²) in [6.45, 7) is 0.675. The fourth-order valence-electron chi connectivity index (χ4n) is 5.38. The molecule has 4 aromatic carbocycles. The van der Waals surface area contributed by atoms with E-state index in [0.29, 0.717) is 58.7 Å². The molecule has 0 fully saturated rings. The molecule has 49 heavy (non-hydrogen) atoms. The molecule has 0 radical (unpaired) electrons. The number of nitrogens with zero attached hydrogens (tertiary/aromatic N) is 1. The van der Waals surface area contributed by atoms with Gasteiger partial charge in [-0.2, -0.15) is 0 Å². The average Bonchev–Trinajstić information content (AvgIpc) is 3.52. The maximum atomic E-state index is 14.4. The second kappa shape index (κ2) is 16.5. The first kappa shape index (κ1) is 36.2. The molecule has 1 aliphatic heterocycles. The van der Waals surface area contributed by atoms with Crippen molar-refractivity contribution >= 4 is 44.8 Å². The van der Waals surface area contributed by atoms with Gasteiger partial charge in [0.2, 0.25) is 5.90 Å². The SMILES string of the molecule is COc1cccc([C@@H]2OC(c3ccc(OCCCO)cc3)=N[C@]2(CCS(=O)(=O)c2ccccc2)C(=O)NNCCc2ccc(Cl)cc2Cl)c1. The molecule has 1 heterocycles. The Labute approximate surface area is 295 Å². The first-order valence-corrected chi connectivity index (χ1v) is 18.1. The van der Waals surface area contributed by atoms with Gasteiger partial charge in [0.25, 0.3) is 5.91 Å². The Kier molecular flexibility index (Phi) is 12.2. The van der Waals surface area contributed by atoms with Crippen LogP contribution in [0.25, 0.3) is 0 Å². The smallest absolute Gasteiger partial charge is 0.266 e. The number of ether oxygens (including phenoxy) is 3. The number of aliphatic hydroxyl groups is 1. The zero-order valence-electron chi connectivity index (χ0n) is 26.8. The van der Waals surface area contributed by atoms with Gasteiger partial charge in [-0.3, -0.25) is 10.2 Å². The van der Waals surface area contributed by atoms with Crippen LogP contribution < -0.4 is 20.3 Å². The van der Waals surface area contributed by atoms with Gasteiger partial charge in [0.15, 0.2) is 21.5 Å². The lowest BCUT2D eigenvalue weighted by molar-refractivity contribution is -0.130. The number of aliphatic imine (C=N–C) groups is 1. The first-order valence-electron chi connectivity index (χ1n) is 15.6. The van der Waals surface area contributed by atoms with Crippen molar-refractivity contribution in [2.24, 2.45) is 4.99 Å². The van der Waals surface area contributed by atoms with Crippen LogP contribution in [-0.4, -0.2) is 63.5 Å². The predicted octanol–water partition coefficient (Wildman–Crippen LogP) is 5.75. The van der Waals surface area contributed by atoms with Crippen LogP contribution in [0, 0.1) is 0 Å². The molecule has 258 valence electrons. The summed E-state index contributed by atoms with van der Waals surface area (Å²) in [5, 5.41) is 10.1. The zero-order valence-corrected chi connectivity index (χ0v) is 29.1. The fraction of sp³-hybridized carbons (Fsp3) is 0.278. The molecule has 0 bridgehead atoms. The minimum Gasteiger partial charge on any atom is -0.497 e. The molecule has 0 aliphatic carbocycles. The number of carbonyl (C=O) groups excluding carboxylic acids is 1. The van der Waals surface area contributed by atoms with Gasteiger partial charge in [0.1, 0.15) is 11.5 Å². The van der Waals surface area contributed by atoms with Crippen molar-refractivity contribution < 1.29 is 32.5 Å². The molecule has 0 unspecified atom stereocenters. The number of amides is 1. The molecule has 1 amide bonds. The maximum absolute atomic E-state index is 14.4. The van der Waals surface area contributed by atoms with Gasteiger partial charge in [-0.25, -0.2) is 18.8 Å². The Morgan fingerprint density at radius 2 is 1.76 bits per heavy atom. The molecule has 4 aromatic rings. The van der Waals surface area contributed by atoms with Gasteiger partial charge in [-0.15, -0.1) is 0 Å². The normalized spacial score (nSPS) is 17.2. The molecule has 0 spiro atoms. The lowest BCUT2D eigenvalue weighted by Gasteiger charge is -2.30. The third kappa shape index (κ3) is 8.92. The van der Waals surface area contributed by atoms with Gasteiger partial charge < -0.3 is 19.3 Å². The van der Waals surface area contributed by atoms with Crippen LogP contribution in [0.3, 0.4) is 0 Å². The van der Waals surface area contributed by atoms with E-state index in [1.54, 1.807) is 78.9 Å². The Bertz CT molecular complexity index is 1880. The predicted molar refractivity (Wildman–Crippen MR) is 189 cm³/mol. The summed E-state index contributed by atoms with van der Waals surface area (Å²) in [6.07, 6.45) is -0.252. The number of methoxy groups -OCH3 is 1. The van der Waals surface area contributed by atoms with Crippen molar-refractivity contribution in [3.8, 4) is 11.5 Å². The number of nitrogens with one attached hydrogen (secondary N) is 2. The number of halogens is 2. The molecule has 10 nitrogen and oxygen atoms in total. The number of rotatable bonds is 16. The van der Waals surface area contributed by atoms with E-state index in [1.165, 1.54) is 19.2 Å². The van der Waals surface area contributed by atoms with Crippen LogP contribution in [-0.2, 0) is 25.8 Å². The lowest BCUT2D eigenvalue weighted by Crippen LogP contribution is -2.53. The van der Waals surface area contributed by atoms with Crippen LogP contribution in [0.1, 0.15) is 35.6 Å². The molecule has 5 rings (SSSR count). The highest BCUT2D eigenvalue weighted by atomic mass is 35.5. The molecule has 2 atom stereocenters. The molecule has 0 aromatic heterocycles. The Balaban J connectivity index is 1.49. The van der Waals surface area contributed by atoms with Crippen LogP contribution in [0.15, 0.2) is 107 Å². The third-order valence-electron chi connectivity index (χ3n) is 8.02. The van der Waals surface area contributed by atoms with Crippen molar-refractivity contribution in [3.05, 3.63) is 124 Å². The Hall–Kier alpha value is -4.13. The summed E-state index contributed by atoms with van der Waals surface area (Å²) >= 11 is 12.4. The van der Waals surface area contributed by atoms with E-state index in [9.17, 15) is 13.2 Å². The van der Waals surface area contributed by atoms with Crippen molar-refractivity contribution in [2.45, 2.75) is 35.8 Å². The second-order valence-electron chi connectivity index (χ2n) is 11.3. The molecular weight excluding hydrogens is 689 g/mol. The Morgan fingerprint density at radius 3 is 2.47 bits per heavy atom. The number of hydrogen-bond donors (Lipinski definition) is 3. The van der Waals surface area contributed by atoms with E-state index in [4.69, 9.17) is 47.5 Å². The van der Waals surface area contributed by atoms with Gasteiger partial charge >= 0.3 is 0 Å². The minimum absolute atomic E-state index is 0.0161. The van der Waals surface area contributed by atoms with Gasteiger partial charge in [0, 0.05) is 41.6 Å². The zero-order chi connectivity index (χ0) is 34.9.